The summed E-state index contributed by atoms with van der Waals surface area (Å²) in [5, 5.41) is 28.5. The number of phenols is 2. The summed E-state index contributed by atoms with van der Waals surface area (Å²) in [7, 11) is 0. The molecule has 4 aromatic rings. The number of hydrogen-bond acceptors (Lipinski definition) is 6. The van der Waals surface area contributed by atoms with Gasteiger partial charge in [-0.1, -0.05) is 78.9 Å². The minimum atomic E-state index is -0.874. The molecule has 2 fully saturated rings. The van der Waals surface area contributed by atoms with Gasteiger partial charge in [0.25, 0.3) is 0 Å². The van der Waals surface area contributed by atoms with Crippen LogP contribution in [0, 0.1) is 0 Å². The SMILES string of the molecule is CC(C)N(C(=O)NCc1ccccc1)N1CC(=O)N2[C@@H](Cc3ccc(O)c(O)c3)C(=O)N(Cc3cccc4ccccc34)C[C@@H]21. The van der Waals surface area contributed by atoms with Gasteiger partial charge in [-0.05, 0) is 53.4 Å². The number of fused-ring (bicyclic) bond motifs is 2. The highest BCUT2D eigenvalue weighted by Gasteiger charge is 2.52. The van der Waals surface area contributed by atoms with Crippen molar-refractivity contribution in [3.05, 3.63) is 108 Å². The van der Waals surface area contributed by atoms with Gasteiger partial charge in [0.15, 0.2) is 11.5 Å². The van der Waals surface area contributed by atoms with E-state index >= 15 is 0 Å². The molecule has 0 aromatic heterocycles. The maximum atomic E-state index is 14.2. The van der Waals surface area contributed by atoms with E-state index in [-0.39, 0.29) is 54.9 Å². The first-order valence-corrected chi connectivity index (χ1v) is 15.2. The molecule has 45 heavy (non-hydrogen) atoms. The molecule has 2 saturated heterocycles. The van der Waals surface area contributed by atoms with E-state index in [1.165, 1.54) is 12.1 Å². The van der Waals surface area contributed by atoms with E-state index in [1.54, 1.807) is 25.9 Å². The summed E-state index contributed by atoms with van der Waals surface area (Å²) in [6, 6.07) is 26.6. The number of benzene rings is 4. The molecule has 0 bridgehead atoms. The quantitative estimate of drug-likeness (QED) is 0.259. The molecule has 2 aliphatic rings. The van der Waals surface area contributed by atoms with Gasteiger partial charge in [-0.15, -0.1) is 0 Å². The maximum absolute atomic E-state index is 14.2. The summed E-state index contributed by atoms with van der Waals surface area (Å²) in [5.74, 6) is -1.03. The van der Waals surface area contributed by atoms with Crippen molar-refractivity contribution in [3.63, 3.8) is 0 Å². The van der Waals surface area contributed by atoms with Gasteiger partial charge in [0.2, 0.25) is 11.8 Å². The summed E-state index contributed by atoms with van der Waals surface area (Å²) in [6.45, 7) is 4.60. The van der Waals surface area contributed by atoms with E-state index in [1.807, 2.05) is 86.6 Å². The fourth-order valence-electron chi connectivity index (χ4n) is 6.42. The standard InChI is InChI=1S/C35H37N5O5/c1-23(2)40(35(45)36-19-24-9-4-3-5-10-24)38-22-33(43)39-29(17-25-15-16-30(41)31(42)18-25)34(44)37(21-32(38)39)20-27-13-8-12-26-11-6-7-14-28(26)27/h3-16,18,23,29,32,41-42H,17,19-22H2,1-2H3,(H,36,45)/t29-,32+/m0/s1. The van der Waals surface area contributed by atoms with Crippen molar-refractivity contribution >= 4 is 28.6 Å². The molecule has 0 aliphatic carbocycles. The van der Waals surface area contributed by atoms with Gasteiger partial charge in [0.05, 0.1) is 13.1 Å². The van der Waals surface area contributed by atoms with Gasteiger partial charge in [0, 0.05) is 25.6 Å². The Morgan fingerprint density at radius 3 is 2.40 bits per heavy atom. The molecule has 0 spiro atoms. The second-order valence-electron chi connectivity index (χ2n) is 11.9. The van der Waals surface area contributed by atoms with Crippen molar-refractivity contribution in [3.8, 4) is 11.5 Å². The zero-order valence-electron chi connectivity index (χ0n) is 25.3. The molecule has 4 amide bonds. The van der Waals surface area contributed by atoms with Crippen LogP contribution in [0.2, 0.25) is 0 Å². The summed E-state index contributed by atoms with van der Waals surface area (Å²) in [6.07, 6.45) is -0.456. The fourth-order valence-corrected chi connectivity index (χ4v) is 6.42. The number of rotatable bonds is 8. The molecule has 4 aromatic carbocycles. The van der Waals surface area contributed by atoms with Crippen LogP contribution in [-0.2, 0) is 29.1 Å². The minimum absolute atomic E-state index is 0.0612. The zero-order valence-corrected chi connectivity index (χ0v) is 25.3. The highest BCUT2D eigenvalue weighted by molar-refractivity contribution is 5.92. The lowest BCUT2D eigenvalue weighted by Crippen LogP contribution is -2.66. The predicted molar refractivity (Wildman–Crippen MR) is 170 cm³/mol. The lowest BCUT2D eigenvalue weighted by Gasteiger charge is -2.47. The van der Waals surface area contributed by atoms with Crippen molar-refractivity contribution in [1.82, 2.24) is 25.1 Å². The van der Waals surface area contributed by atoms with Gasteiger partial charge in [-0.3, -0.25) is 14.6 Å². The molecule has 10 heteroatoms. The van der Waals surface area contributed by atoms with Crippen LogP contribution in [0.3, 0.4) is 0 Å². The third kappa shape index (κ3) is 6.01. The number of carbonyl (C=O) groups is 3. The third-order valence-corrected chi connectivity index (χ3v) is 8.54. The van der Waals surface area contributed by atoms with Crippen LogP contribution < -0.4 is 5.32 Å². The predicted octanol–water partition coefficient (Wildman–Crippen LogP) is 4.21. The number of piperazine rings is 1. The first-order valence-electron chi connectivity index (χ1n) is 15.2. The van der Waals surface area contributed by atoms with E-state index in [4.69, 9.17) is 0 Å². The van der Waals surface area contributed by atoms with Crippen LogP contribution in [0.1, 0.15) is 30.5 Å². The number of amides is 4. The van der Waals surface area contributed by atoms with Crippen LogP contribution in [0.4, 0.5) is 4.79 Å². The van der Waals surface area contributed by atoms with E-state index in [0.717, 1.165) is 21.9 Å². The van der Waals surface area contributed by atoms with Gasteiger partial charge < -0.3 is 25.3 Å². The van der Waals surface area contributed by atoms with Crippen LogP contribution >= 0.6 is 0 Å². The topological polar surface area (TPSA) is 117 Å². The van der Waals surface area contributed by atoms with Gasteiger partial charge in [-0.2, -0.15) is 5.01 Å². The number of hydrazine groups is 1. The molecule has 10 nitrogen and oxygen atoms in total. The summed E-state index contributed by atoms with van der Waals surface area (Å²) in [5.41, 5.74) is 2.53. The van der Waals surface area contributed by atoms with Crippen LogP contribution in [-0.4, -0.2) is 79.2 Å². The smallest absolute Gasteiger partial charge is 0.332 e. The number of nitrogens with one attached hydrogen (secondary N) is 1. The third-order valence-electron chi connectivity index (χ3n) is 8.54. The Bertz CT molecular complexity index is 1720. The highest BCUT2D eigenvalue weighted by Crippen LogP contribution is 2.33. The van der Waals surface area contributed by atoms with Crippen molar-refractivity contribution in [2.24, 2.45) is 0 Å². The number of phenolic OH excluding ortho intramolecular Hbond substituents is 2. The number of aromatic hydroxyl groups is 2. The van der Waals surface area contributed by atoms with Crippen molar-refractivity contribution in [2.75, 3.05) is 13.1 Å². The first-order chi connectivity index (χ1) is 21.7. The fraction of sp³-hybridized carbons (Fsp3) is 0.286. The van der Waals surface area contributed by atoms with E-state index < -0.39 is 12.2 Å². The number of carbonyl (C=O) groups excluding carboxylic acids is 3. The second-order valence-corrected chi connectivity index (χ2v) is 11.9. The molecule has 0 unspecified atom stereocenters. The van der Waals surface area contributed by atoms with E-state index in [9.17, 15) is 24.6 Å². The average molecular weight is 608 g/mol. The molecule has 6 rings (SSSR count). The number of nitrogens with zero attached hydrogens (tertiary/aromatic N) is 4. The number of urea groups is 1. The van der Waals surface area contributed by atoms with Gasteiger partial charge >= 0.3 is 6.03 Å². The van der Waals surface area contributed by atoms with Crippen LogP contribution in [0.5, 0.6) is 11.5 Å². The molecule has 3 N–H and O–H groups in total. The van der Waals surface area contributed by atoms with E-state index in [2.05, 4.69) is 5.32 Å². The zero-order chi connectivity index (χ0) is 31.7. The first kappa shape index (κ1) is 30.0. The summed E-state index contributed by atoms with van der Waals surface area (Å²) >= 11 is 0. The van der Waals surface area contributed by atoms with Crippen molar-refractivity contribution < 1.29 is 24.6 Å². The second kappa shape index (κ2) is 12.5. The van der Waals surface area contributed by atoms with Crippen molar-refractivity contribution in [2.45, 2.75) is 51.6 Å². The Balaban J connectivity index is 1.33. The van der Waals surface area contributed by atoms with Gasteiger partial charge in [-0.25, -0.2) is 4.79 Å². The summed E-state index contributed by atoms with van der Waals surface area (Å²) < 4.78 is 0. The minimum Gasteiger partial charge on any atom is -0.504 e. The summed E-state index contributed by atoms with van der Waals surface area (Å²) in [4.78, 5) is 45.0. The molecule has 0 radical (unpaired) electrons. The largest absolute Gasteiger partial charge is 0.504 e. The number of hydrogen-bond donors (Lipinski definition) is 3. The Morgan fingerprint density at radius 2 is 1.64 bits per heavy atom. The van der Waals surface area contributed by atoms with Gasteiger partial charge in [0.1, 0.15) is 12.2 Å². The Kier molecular flexibility index (Phi) is 8.32. The lowest BCUT2D eigenvalue weighted by atomic mass is 9.98. The van der Waals surface area contributed by atoms with Crippen molar-refractivity contribution in [1.29, 1.82) is 0 Å². The molecule has 2 aliphatic heterocycles. The monoisotopic (exact) mass is 607 g/mol. The highest BCUT2D eigenvalue weighted by atomic mass is 16.3. The maximum Gasteiger partial charge on any atom is 0.332 e. The molecule has 2 heterocycles. The molecule has 2 atom stereocenters. The van der Waals surface area contributed by atoms with Crippen LogP contribution in [0.15, 0.2) is 91.0 Å². The molecular weight excluding hydrogens is 570 g/mol. The van der Waals surface area contributed by atoms with Crippen LogP contribution in [0.25, 0.3) is 10.8 Å². The molecule has 0 saturated carbocycles. The van der Waals surface area contributed by atoms with E-state index in [0.29, 0.717) is 18.7 Å². The molecule has 232 valence electrons. The Morgan fingerprint density at radius 1 is 0.911 bits per heavy atom. The normalized spacial score (nSPS) is 18.5. The lowest BCUT2D eigenvalue weighted by molar-refractivity contribution is -0.158. The Hall–Kier alpha value is -5.09. The Labute approximate surface area is 262 Å². The molecular formula is C35H37N5O5. The average Bonchev–Trinajstić information content (AvgIpc) is 3.35.